The third-order valence-electron chi connectivity index (χ3n) is 2.53. The molecular formula is C15H13NO5. The predicted molar refractivity (Wildman–Crippen MR) is 74.1 cm³/mol. The number of amides is 1. The first-order valence-electron chi connectivity index (χ1n) is 6.10. The summed E-state index contributed by atoms with van der Waals surface area (Å²) in [6.07, 6.45) is 3.20. The average molecular weight is 287 g/mol. The molecule has 0 saturated heterocycles. The monoisotopic (exact) mass is 287 g/mol. The van der Waals surface area contributed by atoms with Crippen LogP contribution in [0, 0.1) is 0 Å². The van der Waals surface area contributed by atoms with E-state index in [2.05, 4.69) is 5.32 Å². The van der Waals surface area contributed by atoms with Crippen molar-refractivity contribution in [2.45, 2.75) is 6.61 Å². The molecule has 0 unspecified atom stereocenters. The smallest absolute Gasteiger partial charge is 0.412 e. The predicted octanol–water partition coefficient (Wildman–Crippen LogP) is 2.63. The summed E-state index contributed by atoms with van der Waals surface area (Å²) in [4.78, 5) is 22.7. The van der Waals surface area contributed by atoms with Crippen molar-refractivity contribution >= 4 is 18.1 Å². The summed E-state index contributed by atoms with van der Waals surface area (Å²) in [6, 6.07) is 10.6. The Labute approximate surface area is 120 Å². The molecule has 2 N–H and O–H groups in total. The number of carbonyl (C=O) groups excluding carboxylic acids is 1. The summed E-state index contributed by atoms with van der Waals surface area (Å²) >= 11 is 0. The van der Waals surface area contributed by atoms with Gasteiger partial charge in [0.1, 0.15) is 12.3 Å². The van der Waals surface area contributed by atoms with Crippen LogP contribution in [-0.4, -0.2) is 17.2 Å². The molecule has 0 bridgehead atoms. The summed E-state index contributed by atoms with van der Waals surface area (Å²) in [6.45, 7) is 0.0608. The average Bonchev–Trinajstić information content (AvgIpc) is 2.98. The second kappa shape index (κ2) is 6.95. The second-order valence-corrected chi connectivity index (χ2v) is 4.11. The molecule has 0 fully saturated rings. The molecule has 0 aliphatic heterocycles. The van der Waals surface area contributed by atoms with Crippen molar-refractivity contribution in [2.24, 2.45) is 0 Å². The minimum absolute atomic E-state index is 0.0608. The van der Waals surface area contributed by atoms with Crippen molar-refractivity contribution in [3.8, 4) is 0 Å². The van der Waals surface area contributed by atoms with Gasteiger partial charge in [0.05, 0.1) is 12.5 Å². The lowest BCUT2D eigenvalue weighted by Crippen LogP contribution is -2.27. The molecule has 108 valence electrons. The molecule has 0 spiro atoms. The highest BCUT2D eigenvalue weighted by molar-refractivity contribution is 5.95. The third-order valence-corrected chi connectivity index (χ3v) is 2.53. The number of benzene rings is 1. The summed E-state index contributed by atoms with van der Waals surface area (Å²) in [7, 11) is 0. The van der Waals surface area contributed by atoms with Gasteiger partial charge < -0.3 is 14.3 Å². The lowest BCUT2D eigenvalue weighted by molar-refractivity contribution is -0.132. The van der Waals surface area contributed by atoms with Crippen molar-refractivity contribution < 1.29 is 23.8 Å². The van der Waals surface area contributed by atoms with Crippen molar-refractivity contribution in [2.75, 3.05) is 0 Å². The number of rotatable bonds is 5. The van der Waals surface area contributed by atoms with Gasteiger partial charge in [-0.15, -0.1) is 0 Å². The van der Waals surface area contributed by atoms with Gasteiger partial charge in [0.25, 0.3) is 0 Å². The Morgan fingerprint density at radius 3 is 2.62 bits per heavy atom. The maximum atomic E-state index is 11.6. The van der Waals surface area contributed by atoms with Crippen LogP contribution in [0.2, 0.25) is 0 Å². The van der Waals surface area contributed by atoms with Gasteiger partial charge in [-0.05, 0) is 17.7 Å². The third kappa shape index (κ3) is 4.54. The van der Waals surface area contributed by atoms with E-state index in [1.54, 1.807) is 18.2 Å². The quantitative estimate of drug-likeness (QED) is 0.825. The maximum absolute atomic E-state index is 11.6. The molecule has 0 radical (unpaired) electrons. The Bertz CT molecular complexity index is 631. The van der Waals surface area contributed by atoms with Gasteiger partial charge in [0.15, 0.2) is 0 Å². The fourth-order valence-electron chi connectivity index (χ4n) is 1.54. The van der Waals surface area contributed by atoms with Gasteiger partial charge in [0, 0.05) is 5.56 Å². The van der Waals surface area contributed by atoms with Crippen LogP contribution in [0.15, 0.2) is 59.0 Å². The summed E-state index contributed by atoms with van der Waals surface area (Å²) in [5, 5.41) is 11.2. The Balaban J connectivity index is 1.94. The van der Waals surface area contributed by atoms with Gasteiger partial charge >= 0.3 is 12.1 Å². The van der Waals surface area contributed by atoms with E-state index >= 15 is 0 Å². The van der Waals surface area contributed by atoms with E-state index in [1.165, 1.54) is 18.6 Å². The molecular weight excluding hydrogens is 274 g/mol. The first kappa shape index (κ1) is 14.4. The van der Waals surface area contributed by atoms with E-state index in [1.807, 2.05) is 18.2 Å². The number of carboxylic acids is 1. The van der Waals surface area contributed by atoms with Crippen LogP contribution in [0.1, 0.15) is 11.1 Å². The van der Waals surface area contributed by atoms with E-state index in [9.17, 15) is 9.59 Å². The molecule has 0 atom stereocenters. The SMILES string of the molecule is O=C(NC(=Cc1ccoc1)C(=O)O)OCc1ccccc1. The Hall–Kier alpha value is -3.02. The molecule has 0 saturated carbocycles. The molecule has 21 heavy (non-hydrogen) atoms. The molecule has 6 nitrogen and oxygen atoms in total. The summed E-state index contributed by atoms with van der Waals surface area (Å²) in [5.74, 6) is -1.27. The number of alkyl carbamates (subject to hydrolysis) is 1. The van der Waals surface area contributed by atoms with E-state index < -0.39 is 12.1 Å². The molecule has 1 heterocycles. The van der Waals surface area contributed by atoms with Crippen molar-refractivity contribution in [1.82, 2.24) is 5.32 Å². The van der Waals surface area contributed by atoms with Crippen LogP contribution < -0.4 is 5.32 Å². The largest absolute Gasteiger partial charge is 0.477 e. The minimum atomic E-state index is -1.27. The van der Waals surface area contributed by atoms with Crippen LogP contribution >= 0.6 is 0 Å². The summed E-state index contributed by atoms with van der Waals surface area (Å²) in [5.41, 5.74) is 1.04. The molecule has 2 aromatic rings. The Morgan fingerprint density at radius 1 is 1.24 bits per heavy atom. The van der Waals surface area contributed by atoms with Crippen LogP contribution in [0.25, 0.3) is 6.08 Å². The van der Waals surface area contributed by atoms with Crippen LogP contribution in [0.5, 0.6) is 0 Å². The number of aliphatic carboxylic acids is 1. The van der Waals surface area contributed by atoms with Crippen LogP contribution in [0.4, 0.5) is 4.79 Å². The lowest BCUT2D eigenvalue weighted by Gasteiger charge is -2.07. The number of hydrogen-bond donors (Lipinski definition) is 2. The van der Waals surface area contributed by atoms with Gasteiger partial charge in [-0.1, -0.05) is 30.3 Å². The van der Waals surface area contributed by atoms with E-state index in [4.69, 9.17) is 14.3 Å². The Morgan fingerprint density at radius 2 is 2.00 bits per heavy atom. The van der Waals surface area contributed by atoms with Gasteiger partial charge in [-0.2, -0.15) is 0 Å². The fraction of sp³-hybridized carbons (Fsp3) is 0.0667. The standard InChI is InChI=1S/C15H13NO5/c17-14(18)13(8-12-6-7-20-9-12)16-15(19)21-10-11-4-2-1-3-5-11/h1-9H,10H2,(H,16,19)(H,17,18). The lowest BCUT2D eigenvalue weighted by atomic mass is 10.2. The van der Waals surface area contributed by atoms with Crippen molar-refractivity contribution in [3.63, 3.8) is 0 Å². The zero-order valence-electron chi connectivity index (χ0n) is 11.0. The molecule has 2 rings (SSSR count). The number of carbonyl (C=O) groups is 2. The number of hydrogen-bond acceptors (Lipinski definition) is 4. The highest BCUT2D eigenvalue weighted by Gasteiger charge is 2.13. The fourth-order valence-corrected chi connectivity index (χ4v) is 1.54. The molecule has 1 aromatic heterocycles. The molecule has 1 aromatic carbocycles. The van der Waals surface area contributed by atoms with E-state index in [0.29, 0.717) is 5.56 Å². The number of nitrogens with one attached hydrogen (secondary N) is 1. The molecule has 0 aliphatic carbocycles. The number of carboxylic acid groups (broad SMARTS) is 1. The highest BCUT2D eigenvalue weighted by atomic mass is 16.5. The van der Waals surface area contributed by atoms with Crippen molar-refractivity contribution in [1.29, 1.82) is 0 Å². The number of ether oxygens (including phenoxy) is 1. The molecule has 1 amide bonds. The topological polar surface area (TPSA) is 88.8 Å². The maximum Gasteiger partial charge on any atom is 0.412 e. The zero-order valence-corrected chi connectivity index (χ0v) is 11.0. The summed E-state index contributed by atoms with van der Waals surface area (Å²) < 4.78 is 9.77. The molecule has 6 heteroatoms. The highest BCUT2D eigenvalue weighted by Crippen LogP contribution is 2.07. The van der Waals surface area contributed by atoms with Crippen molar-refractivity contribution in [3.05, 3.63) is 65.7 Å². The molecule has 0 aliphatic rings. The van der Waals surface area contributed by atoms with Gasteiger partial charge in [-0.25, -0.2) is 9.59 Å². The minimum Gasteiger partial charge on any atom is -0.477 e. The van der Waals surface area contributed by atoms with Crippen LogP contribution in [-0.2, 0) is 16.1 Å². The van der Waals surface area contributed by atoms with Crippen LogP contribution in [0.3, 0.4) is 0 Å². The normalized spacial score (nSPS) is 11.0. The van der Waals surface area contributed by atoms with Gasteiger partial charge in [0.2, 0.25) is 0 Å². The van der Waals surface area contributed by atoms with E-state index in [-0.39, 0.29) is 12.3 Å². The Kier molecular flexibility index (Phi) is 4.76. The first-order valence-corrected chi connectivity index (χ1v) is 6.10. The second-order valence-electron chi connectivity index (χ2n) is 4.11. The van der Waals surface area contributed by atoms with Gasteiger partial charge in [-0.3, -0.25) is 5.32 Å². The van der Waals surface area contributed by atoms with E-state index in [0.717, 1.165) is 5.56 Å². The first-order chi connectivity index (χ1) is 10.1. The zero-order chi connectivity index (χ0) is 15.1. The number of furan rings is 1.